The van der Waals surface area contributed by atoms with Crippen LogP contribution in [-0.2, 0) is 6.54 Å². The van der Waals surface area contributed by atoms with E-state index in [1.165, 1.54) is 22.8 Å². The number of fused-ring (bicyclic) bond motifs is 2. The van der Waals surface area contributed by atoms with Gasteiger partial charge in [0.2, 0.25) is 0 Å². The summed E-state index contributed by atoms with van der Waals surface area (Å²) in [5.41, 5.74) is 0.341. The Morgan fingerprint density at radius 1 is 1.21 bits per heavy atom. The lowest BCUT2D eigenvalue weighted by Gasteiger charge is -2.09. The van der Waals surface area contributed by atoms with Crippen LogP contribution in [0.5, 0.6) is 0 Å². The number of nitrogens with zero attached hydrogens (tertiary/aromatic N) is 3. The molecule has 0 fully saturated rings. The van der Waals surface area contributed by atoms with Gasteiger partial charge in [0.05, 0.1) is 11.7 Å². The van der Waals surface area contributed by atoms with Crippen molar-refractivity contribution < 1.29 is 14.7 Å². The van der Waals surface area contributed by atoms with E-state index in [-0.39, 0.29) is 17.4 Å². The highest BCUT2D eigenvalue weighted by Crippen LogP contribution is 2.22. The summed E-state index contributed by atoms with van der Waals surface area (Å²) in [7, 11) is 0. The van der Waals surface area contributed by atoms with Crippen molar-refractivity contribution >= 4 is 51.6 Å². The molecule has 1 amide bonds. The molecule has 4 rings (SSSR count). The molecule has 29 heavy (non-hydrogen) atoms. The standard InChI is InChI=1S/C18H11Cl2N5O4/c19-10-3-8-5-11(18(28)29)16(26)23-15(8)9(4-10)6-21-17(27)12-7-25-14(22-12)2-1-13(20)24-25/h1-5,7H,6H2,(H,21,27)(H,23,26)(H,28,29). The first-order chi connectivity index (χ1) is 13.8. The summed E-state index contributed by atoms with van der Waals surface area (Å²) in [5.74, 6) is -1.81. The molecule has 0 aliphatic rings. The van der Waals surface area contributed by atoms with Crippen molar-refractivity contribution in [2.24, 2.45) is 0 Å². The molecule has 0 aliphatic carbocycles. The molecule has 4 aromatic rings. The second-order valence-corrected chi connectivity index (χ2v) is 6.94. The maximum absolute atomic E-state index is 12.5. The van der Waals surface area contributed by atoms with E-state index in [0.717, 1.165) is 0 Å². The first-order valence-electron chi connectivity index (χ1n) is 8.21. The highest BCUT2D eigenvalue weighted by molar-refractivity contribution is 6.31. The molecule has 11 heteroatoms. The van der Waals surface area contributed by atoms with Gasteiger partial charge in [-0.25, -0.2) is 14.3 Å². The Bertz CT molecular complexity index is 1360. The van der Waals surface area contributed by atoms with Crippen molar-refractivity contribution in [2.75, 3.05) is 0 Å². The number of H-pyrrole nitrogens is 1. The average molecular weight is 432 g/mol. The molecule has 3 aromatic heterocycles. The summed E-state index contributed by atoms with van der Waals surface area (Å²) in [6, 6.07) is 7.53. The number of carboxylic acid groups (broad SMARTS) is 1. The van der Waals surface area contributed by atoms with E-state index in [1.54, 1.807) is 18.2 Å². The maximum atomic E-state index is 12.5. The van der Waals surface area contributed by atoms with E-state index in [2.05, 4.69) is 20.4 Å². The lowest BCUT2D eigenvalue weighted by Crippen LogP contribution is -2.24. The number of imidazole rings is 1. The zero-order valence-corrected chi connectivity index (χ0v) is 16.0. The minimum Gasteiger partial charge on any atom is -0.477 e. The van der Waals surface area contributed by atoms with Crippen LogP contribution in [0.3, 0.4) is 0 Å². The molecule has 0 saturated carbocycles. The van der Waals surface area contributed by atoms with Crippen molar-refractivity contribution in [1.82, 2.24) is 24.9 Å². The van der Waals surface area contributed by atoms with Gasteiger partial charge in [-0.1, -0.05) is 23.2 Å². The van der Waals surface area contributed by atoms with Gasteiger partial charge in [0.1, 0.15) is 16.4 Å². The van der Waals surface area contributed by atoms with Gasteiger partial charge < -0.3 is 15.4 Å². The van der Waals surface area contributed by atoms with Crippen molar-refractivity contribution in [3.05, 3.63) is 73.9 Å². The number of nitrogens with one attached hydrogen (secondary N) is 2. The number of carbonyl (C=O) groups excluding carboxylic acids is 1. The number of aromatic carboxylic acids is 1. The molecular formula is C18H11Cl2N5O4. The minimum absolute atomic E-state index is 0.0281. The summed E-state index contributed by atoms with van der Waals surface area (Å²) in [4.78, 5) is 42.4. The molecule has 146 valence electrons. The molecule has 3 N–H and O–H groups in total. The topological polar surface area (TPSA) is 129 Å². The zero-order valence-electron chi connectivity index (χ0n) is 14.4. The summed E-state index contributed by atoms with van der Waals surface area (Å²) >= 11 is 11.9. The van der Waals surface area contributed by atoms with Gasteiger partial charge in [-0.15, -0.1) is 0 Å². The number of aromatic amines is 1. The molecule has 3 heterocycles. The van der Waals surface area contributed by atoms with Crippen LogP contribution in [0.1, 0.15) is 26.4 Å². The molecule has 9 nitrogen and oxygen atoms in total. The van der Waals surface area contributed by atoms with Crippen molar-refractivity contribution in [1.29, 1.82) is 0 Å². The van der Waals surface area contributed by atoms with E-state index < -0.39 is 23.0 Å². The molecule has 0 aliphatic heterocycles. The van der Waals surface area contributed by atoms with Gasteiger partial charge in [0, 0.05) is 17.0 Å². The SMILES string of the molecule is O=C(NCc1cc(Cl)cc2cc(C(=O)O)c(=O)[nH]c12)c1cn2nc(Cl)ccc2n1. The zero-order chi connectivity index (χ0) is 20.7. The second kappa shape index (κ2) is 7.19. The number of amides is 1. The predicted octanol–water partition coefficient (Wildman–Crippen LogP) is 2.51. The monoisotopic (exact) mass is 431 g/mol. The number of pyridine rings is 1. The lowest BCUT2D eigenvalue weighted by molar-refractivity contribution is 0.0695. The molecule has 0 bridgehead atoms. The average Bonchev–Trinajstić information content (AvgIpc) is 3.08. The third-order valence-electron chi connectivity index (χ3n) is 4.19. The molecule has 0 atom stereocenters. The quantitative estimate of drug-likeness (QED) is 0.455. The maximum Gasteiger partial charge on any atom is 0.341 e. The summed E-state index contributed by atoms with van der Waals surface area (Å²) in [6.07, 6.45) is 1.44. The lowest BCUT2D eigenvalue weighted by atomic mass is 10.1. The molecule has 0 spiro atoms. The van der Waals surface area contributed by atoms with Gasteiger partial charge in [-0.2, -0.15) is 5.10 Å². The third kappa shape index (κ3) is 3.65. The Kier molecular flexibility index (Phi) is 4.69. The fraction of sp³-hybridized carbons (Fsp3) is 0.0556. The number of hydrogen-bond acceptors (Lipinski definition) is 5. The van der Waals surface area contributed by atoms with E-state index in [1.807, 2.05) is 0 Å². The Balaban J connectivity index is 1.64. The van der Waals surface area contributed by atoms with E-state index >= 15 is 0 Å². The van der Waals surface area contributed by atoms with Crippen LogP contribution in [0, 0.1) is 0 Å². The number of carbonyl (C=O) groups is 2. The smallest absolute Gasteiger partial charge is 0.341 e. The van der Waals surface area contributed by atoms with Crippen LogP contribution < -0.4 is 10.9 Å². The van der Waals surface area contributed by atoms with Crippen molar-refractivity contribution in [3.63, 3.8) is 0 Å². The van der Waals surface area contributed by atoms with Gasteiger partial charge in [-0.3, -0.25) is 9.59 Å². The van der Waals surface area contributed by atoms with Crippen LogP contribution in [0.2, 0.25) is 10.2 Å². The van der Waals surface area contributed by atoms with Gasteiger partial charge in [0.15, 0.2) is 5.65 Å². The normalized spacial score (nSPS) is 11.1. The Morgan fingerprint density at radius 3 is 2.76 bits per heavy atom. The first kappa shape index (κ1) is 18.9. The number of hydrogen-bond donors (Lipinski definition) is 3. The molecule has 1 aromatic carbocycles. The summed E-state index contributed by atoms with van der Waals surface area (Å²) in [5, 5.41) is 16.8. The van der Waals surface area contributed by atoms with Crippen molar-refractivity contribution in [3.8, 4) is 0 Å². The largest absolute Gasteiger partial charge is 0.477 e. The number of benzene rings is 1. The van der Waals surface area contributed by atoms with Gasteiger partial charge >= 0.3 is 5.97 Å². The summed E-state index contributed by atoms with van der Waals surface area (Å²) < 4.78 is 1.39. The Morgan fingerprint density at radius 2 is 2.00 bits per heavy atom. The van der Waals surface area contributed by atoms with Gasteiger partial charge in [-0.05, 0) is 35.9 Å². The Hall–Kier alpha value is -3.43. The Labute approximate surface area is 171 Å². The van der Waals surface area contributed by atoms with E-state index in [0.29, 0.717) is 27.1 Å². The molecule has 0 radical (unpaired) electrons. The van der Waals surface area contributed by atoms with E-state index in [4.69, 9.17) is 28.3 Å². The van der Waals surface area contributed by atoms with Crippen LogP contribution in [0.15, 0.2) is 41.3 Å². The van der Waals surface area contributed by atoms with Crippen molar-refractivity contribution in [2.45, 2.75) is 6.54 Å². The molecular weight excluding hydrogens is 421 g/mol. The fourth-order valence-corrected chi connectivity index (χ4v) is 3.28. The highest BCUT2D eigenvalue weighted by Gasteiger charge is 2.15. The number of halogens is 2. The van der Waals surface area contributed by atoms with Crippen LogP contribution in [0.4, 0.5) is 0 Å². The van der Waals surface area contributed by atoms with Crippen LogP contribution in [-0.4, -0.2) is 36.6 Å². The fourth-order valence-electron chi connectivity index (χ4n) is 2.89. The van der Waals surface area contributed by atoms with Crippen LogP contribution >= 0.6 is 23.2 Å². The molecule has 0 unspecified atom stereocenters. The third-order valence-corrected chi connectivity index (χ3v) is 4.61. The second-order valence-electron chi connectivity index (χ2n) is 6.11. The number of rotatable bonds is 4. The van der Waals surface area contributed by atoms with E-state index in [9.17, 15) is 14.4 Å². The predicted molar refractivity (Wildman–Crippen MR) is 106 cm³/mol. The van der Waals surface area contributed by atoms with Crippen LogP contribution in [0.25, 0.3) is 16.6 Å². The minimum atomic E-state index is -1.34. The first-order valence-corrected chi connectivity index (χ1v) is 8.96. The summed E-state index contributed by atoms with van der Waals surface area (Å²) in [6.45, 7) is 0.0281. The van der Waals surface area contributed by atoms with Gasteiger partial charge in [0.25, 0.3) is 11.5 Å². The highest BCUT2D eigenvalue weighted by atomic mass is 35.5. The number of aromatic nitrogens is 4. The number of carboxylic acids is 1. The molecule has 0 saturated heterocycles.